The van der Waals surface area contributed by atoms with Crippen molar-refractivity contribution < 1.29 is 9.90 Å². The van der Waals surface area contributed by atoms with Crippen LogP contribution in [0.25, 0.3) is 0 Å². The van der Waals surface area contributed by atoms with Gasteiger partial charge >= 0.3 is 0 Å². The highest BCUT2D eigenvalue weighted by atomic mass is 16.3. The van der Waals surface area contributed by atoms with E-state index in [4.69, 9.17) is 5.73 Å². The number of carbonyl (C=O) groups is 1. The van der Waals surface area contributed by atoms with Gasteiger partial charge in [-0.25, -0.2) is 0 Å². The van der Waals surface area contributed by atoms with E-state index < -0.39 is 6.04 Å². The van der Waals surface area contributed by atoms with Crippen LogP contribution in [0.3, 0.4) is 0 Å². The lowest BCUT2D eigenvalue weighted by Gasteiger charge is -2.31. The number of hydrogen-bond donors (Lipinski definition) is 5. The number of phenolic OH excluding ortho intramolecular Hbond substituents is 1. The second-order valence-electron chi connectivity index (χ2n) is 9.09. The molecule has 1 saturated heterocycles. The maximum Gasteiger partial charge on any atom is 0.237 e. The predicted octanol–water partition coefficient (Wildman–Crippen LogP) is 1.96. The molecule has 2 aromatic carbocycles. The fourth-order valence-corrected chi connectivity index (χ4v) is 4.83. The Kier molecular flexibility index (Phi) is 6.98. The molecule has 2 aliphatic heterocycles. The predicted molar refractivity (Wildman–Crippen MR) is 128 cm³/mol. The first kappa shape index (κ1) is 22.6. The zero-order chi connectivity index (χ0) is 22.7. The van der Waals surface area contributed by atoms with Crippen molar-refractivity contribution in [1.29, 1.82) is 0 Å². The van der Waals surface area contributed by atoms with Gasteiger partial charge in [-0.2, -0.15) is 0 Å². The average Bonchev–Trinajstić information content (AvgIpc) is 2.77. The highest BCUT2D eigenvalue weighted by Crippen LogP contribution is 2.31. The molecular formula is C25H35N5O2. The molecule has 0 spiro atoms. The lowest BCUT2D eigenvalue weighted by molar-refractivity contribution is -0.123. The van der Waals surface area contributed by atoms with E-state index in [9.17, 15) is 9.90 Å². The number of piperazine rings is 1. The highest BCUT2D eigenvalue weighted by molar-refractivity contribution is 5.82. The van der Waals surface area contributed by atoms with Gasteiger partial charge in [0.05, 0.1) is 12.1 Å². The van der Waals surface area contributed by atoms with Crippen LogP contribution in [0.4, 0.5) is 5.69 Å². The normalized spacial score (nSPS) is 19.7. The molecule has 7 nitrogen and oxygen atoms in total. The van der Waals surface area contributed by atoms with Gasteiger partial charge in [-0.3, -0.25) is 9.69 Å². The second-order valence-corrected chi connectivity index (χ2v) is 9.09. The van der Waals surface area contributed by atoms with Crippen molar-refractivity contribution >= 4 is 11.6 Å². The molecule has 0 bridgehead atoms. The van der Waals surface area contributed by atoms with Gasteiger partial charge in [0.2, 0.25) is 5.91 Å². The molecule has 0 aromatic heterocycles. The third-order valence-electron chi connectivity index (χ3n) is 6.61. The number of rotatable bonds is 6. The molecule has 4 rings (SSSR count). The van der Waals surface area contributed by atoms with Crippen molar-refractivity contribution in [1.82, 2.24) is 15.5 Å². The van der Waals surface area contributed by atoms with Crippen LogP contribution in [-0.2, 0) is 17.8 Å². The van der Waals surface area contributed by atoms with Crippen molar-refractivity contribution in [3.63, 3.8) is 0 Å². The first-order valence-corrected chi connectivity index (χ1v) is 11.6. The number of benzene rings is 2. The van der Waals surface area contributed by atoms with Gasteiger partial charge in [0, 0.05) is 45.0 Å². The van der Waals surface area contributed by atoms with Gasteiger partial charge in [-0.05, 0) is 72.7 Å². The molecule has 172 valence electrons. The summed E-state index contributed by atoms with van der Waals surface area (Å²) in [4.78, 5) is 15.5. The van der Waals surface area contributed by atoms with Gasteiger partial charge < -0.3 is 26.8 Å². The molecule has 2 heterocycles. The van der Waals surface area contributed by atoms with Gasteiger partial charge in [0.15, 0.2) is 0 Å². The lowest BCUT2D eigenvalue weighted by atomic mass is 9.93. The first-order valence-electron chi connectivity index (χ1n) is 11.6. The smallest absolute Gasteiger partial charge is 0.237 e. The minimum Gasteiger partial charge on any atom is -0.508 e. The Labute approximate surface area is 190 Å². The number of phenols is 1. The molecule has 7 heteroatoms. The number of carbonyl (C=O) groups excluding carboxylic acids is 1. The van der Waals surface area contributed by atoms with Crippen LogP contribution < -0.4 is 21.7 Å². The molecule has 1 amide bonds. The van der Waals surface area contributed by atoms with Gasteiger partial charge in [0.1, 0.15) is 5.75 Å². The highest BCUT2D eigenvalue weighted by Gasteiger charge is 2.25. The van der Waals surface area contributed by atoms with Crippen LogP contribution in [-0.4, -0.2) is 54.7 Å². The third kappa shape index (κ3) is 5.23. The van der Waals surface area contributed by atoms with E-state index in [0.29, 0.717) is 6.42 Å². The Morgan fingerprint density at radius 1 is 1.19 bits per heavy atom. The van der Waals surface area contributed by atoms with E-state index in [-0.39, 0.29) is 17.7 Å². The number of fused-ring (bicyclic) bond motifs is 1. The maximum atomic E-state index is 13.0. The molecule has 6 N–H and O–H groups in total. The summed E-state index contributed by atoms with van der Waals surface area (Å²) in [5.41, 5.74) is 12.7. The monoisotopic (exact) mass is 437 g/mol. The lowest BCUT2D eigenvalue weighted by Crippen LogP contribution is -2.45. The van der Waals surface area contributed by atoms with E-state index in [0.717, 1.165) is 73.6 Å². The summed E-state index contributed by atoms with van der Waals surface area (Å²) in [7, 11) is 0. The van der Waals surface area contributed by atoms with Crippen molar-refractivity contribution in [2.75, 3.05) is 38.0 Å². The SMILES string of the molecule is Cc1cc(O)cc(C)c1CC(N)C(=O)NC1CCNc2ccc(CN3CCNCC3)cc21. The van der Waals surface area contributed by atoms with E-state index in [1.807, 2.05) is 13.8 Å². The summed E-state index contributed by atoms with van der Waals surface area (Å²) < 4.78 is 0. The molecule has 32 heavy (non-hydrogen) atoms. The Balaban J connectivity index is 1.44. The molecule has 0 radical (unpaired) electrons. The van der Waals surface area contributed by atoms with Crippen molar-refractivity contribution in [2.45, 2.75) is 45.3 Å². The number of nitrogens with zero attached hydrogens (tertiary/aromatic N) is 1. The van der Waals surface area contributed by atoms with E-state index in [2.05, 4.69) is 39.0 Å². The van der Waals surface area contributed by atoms with Gasteiger partial charge in [-0.15, -0.1) is 0 Å². The topological polar surface area (TPSA) is 103 Å². The molecule has 0 saturated carbocycles. The van der Waals surface area contributed by atoms with Crippen LogP contribution in [0.5, 0.6) is 5.75 Å². The zero-order valence-electron chi connectivity index (χ0n) is 19.1. The van der Waals surface area contributed by atoms with Crippen molar-refractivity contribution in [2.24, 2.45) is 5.73 Å². The van der Waals surface area contributed by atoms with E-state index >= 15 is 0 Å². The van der Waals surface area contributed by atoms with Crippen LogP contribution in [0, 0.1) is 13.8 Å². The van der Waals surface area contributed by atoms with Crippen LogP contribution in [0.1, 0.15) is 40.3 Å². The van der Waals surface area contributed by atoms with Crippen LogP contribution >= 0.6 is 0 Å². The number of amides is 1. The summed E-state index contributed by atoms with van der Waals surface area (Å²) in [5, 5.41) is 19.8. The molecule has 2 unspecified atom stereocenters. The number of nitrogens with one attached hydrogen (secondary N) is 3. The molecule has 2 aliphatic rings. The molecule has 1 fully saturated rings. The number of nitrogens with two attached hydrogens (primary N) is 1. The number of aromatic hydroxyl groups is 1. The average molecular weight is 438 g/mol. The second kappa shape index (κ2) is 9.90. The quantitative estimate of drug-likeness (QED) is 0.474. The van der Waals surface area contributed by atoms with Crippen LogP contribution in [0.15, 0.2) is 30.3 Å². The third-order valence-corrected chi connectivity index (χ3v) is 6.61. The number of hydrogen-bond acceptors (Lipinski definition) is 6. The Morgan fingerprint density at radius 2 is 1.91 bits per heavy atom. The van der Waals surface area contributed by atoms with Crippen molar-refractivity contribution in [3.05, 3.63) is 58.1 Å². The van der Waals surface area contributed by atoms with Crippen LogP contribution in [0.2, 0.25) is 0 Å². The summed E-state index contributed by atoms with van der Waals surface area (Å²) in [6.45, 7) is 9.80. The van der Waals surface area contributed by atoms with E-state index in [1.165, 1.54) is 5.56 Å². The summed E-state index contributed by atoms with van der Waals surface area (Å²) >= 11 is 0. The Hall–Kier alpha value is -2.61. The molecule has 2 atom stereocenters. The summed E-state index contributed by atoms with van der Waals surface area (Å²) in [6, 6.07) is 9.29. The van der Waals surface area contributed by atoms with Gasteiger partial charge in [-0.1, -0.05) is 12.1 Å². The van der Waals surface area contributed by atoms with Gasteiger partial charge in [0.25, 0.3) is 0 Å². The summed E-state index contributed by atoms with van der Waals surface area (Å²) in [5.74, 6) is 0.104. The largest absolute Gasteiger partial charge is 0.508 e. The minimum atomic E-state index is -0.640. The molecular weight excluding hydrogens is 402 g/mol. The molecule has 2 aromatic rings. The first-order chi connectivity index (χ1) is 15.4. The summed E-state index contributed by atoms with van der Waals surface area (Å²) in [6.07, 6.45) is 1.28. The zero-order valence-corrected chi connectivity index (χ0v) is 19.1. The fraction of sp³-hybridized carbons (Fsp3) is 0.480. The Bertz CT molecular complexity index is 948. The number of anilines is 1. The minimum absolute atomic E-state index is 0.0465. The Morgan fingerprint density at radius 3 is 2.62 bits per heavy atom. The van der Waals surface area contributed by atoms with E-state index in [1.54, 1.807) is 12.1 Å². The fourth-order valence-electron chi connectivity index (χ4n) is 4.83. The standard InChI is InChI=1S/C25H35N5O2/c1-16-11-19(31)12-17(2)20(16)14-22(26)25(32)29-24-5-6-28-23-4-3-18(13-21(23)24)15-30-9-7-27-8-10-30/h3-4,11-13,22,24,27-28,31H,5-10,14-15,26H2,1-2H3,(H,29,32). The maximum absolute atomic E-state index is 13.0. The molecule has 0 aliphatic carbocycles. The van der Waals surface area contributed by atoms with Crippen molar-refractivity contribution in [3.8, 4) is 5.75 Å². The number of aryl methyl sites for hydroxylation is 2.